The second kappa shape index (κ2) is 8.50. The van der Waals surface area contributed by atoms with E-state index in [-0.39, 0.29) is 5.91 Å². The quantitative estimate of drug-likeness (QED) is 0.744. The fourth-order valence-corrected chi connectivity index (χ4v) is 2.19. The summed E-state index contributed by atoms with van der Waals surface area (Å²) in [6.07, 6.45) is 3.46. The molecule has 2 aromatic heterocycles. The lowest BCUT2D eigenvalue weighted by Gasteiger charge is -2.09. The first-order valence-electron chi connectivity index (χ1n) is 6.89. The van der Waals surface area contributed by atoms with Crippen LogP contribution in [-0.2, 0) is 11.2 Å². The summed E-state index contributed by atoms with van der Waals surface area (Å²) in [6.45, 7) is 0.332. The van der Waals surface area contributed by atoms with Crippen molar-refractivity contribution in [3.63, 3.8) is 0 Å². The molecule has 0 radical (unpaired) electrons. The van der Waals surface area contributed by atoms with E-state index in [4.69, 9.17) is 4.52 Å². The number of carbonyl (C=O) groups is 1. The maximum absolute atomic E-state index is 11.6. The number of amides is 1. The van der Waals surface area contributed by atoms with Crippen molar-refractivity contribution in [2.75, 3.05) is 18.6 Å². The van der Waals surface area contributed by atoms with Crippen LogP contribution in [0.5, 0.6) is 0 Å². The van der Waals surface area contributed by atoms with Crippen LogP contribution < -0.4 is 5.32 Å². The van der Waals surface area contributed by atoms with Crippen molar-refractivity contribution in [3.05, 3.63) is 30.3 Å². The molecule has 22 heavy (non-hydrogen) atoms. The number of hydrogen-bond donors (Lipinski definition) is 2. The average molecular weight is 322 g/mol. The molecule has 0 aliphatic heterocycles. The zero-order chi connectivity index (χ0) is 15.8. The summed E-state index contributed by atoms with van der Waals surface area (Å²) in [6, 6.07) is 5.44. The zero-order valence-electron chi connectivity index (χ0n) is 12.2. The molecule has 7 nitrogen and oxygen atoms in total. The molecule has 2 aromatic rings. The van der Waals surface area contributed by atoms with Gasteiger partial charge < -0.3 is 14.9 Å². The lowest BCUT2D eigenvalue weighted by molar-refractivity contribution is -0.129. The van der Waals surface area contributed by atoms with Crippen LogP contribution in [0.25, 0.3) is 11.5 Å². The molecule has 0 saturated heterocycles. The molecule has 0 aromatic carbocycles. The second-order valence-electron chi connectivity index (χ2n) is 4.57. The molecule has 0 bridgehead atoms. The molecule has 0 unspecified atom stereocenters. The van der Waals surface area contributed by atoms with Gasteiger partial charge in [0.05, 0.1) is 0 Å². The Morgan fingerprint density at radius 3 is 3.09 bits per heavy atom. The van der Waals surface area contributed by atoms with Gasteiger partial charge in [-0.3, -0.25) is 9.78 Å². The van der Waals surface area contributed by atoms with E-state index < -0.39 is 6.10 Å². The highest BCUT2D eigenvalue weighted by Gasteiger charge is 2.14. The van der Waals surface area contributed by atoms with E-state index >= 15 is 0 Å². The second-order valence-corrected chi connectivity index (χ2v) is 5.55. The van der Waals surface area contributed by atoms with Crippen LogP contribution >= 0.6 is 11.8 Å². The van der Waals surface area contributed by atoms with Gasteiger partial charge in [0, 0.05) is 19.2 Å². The lowest BCUT2D eigenvalue weighted by Crippen LogP contribution is -2.36. The van der Waals surface area contributed by atoms with E-state index in [1.54, 1.807) is 24.0 Å². The molecule has 0 spiro atoms. The third-order valence-electron chi connectivity index (χ3n) is 2.90. The Morgan fingerprint density at radius 2 is 2.36 bits per heavy atom. The highest BCUT2D eigenvalue weighted by Crippen LogP contribution is 2.11. The molecule has 2 N–H and O–H groups in total. The van der Waals surface area contributed by atoms with E-state index in [1.165, 1.54) is 0 Å². The fraction of sp³-hybridized carbons (Fsp3) is 0.429. The van der Waals surface area contributed by atoms with Crippen LogP contribution in [0.4, 0.5) is 0 Å². The van der Waals surface area contributed by atoms with Gasteiger partial charge >= 0.3 is 0 Å². The fourth-order valence-electron chi connectivity index (χ4n) is 1.73. The Morgan fingerprint density at radius 1 is 1.50 bits per heavy atom. The number of aromatic nitrogens is 3. The maximum Gasteiger partial charge on any atom is 0.248 e. The van der Waals surface area contributed by atoms with Crippen LogP contribution in [0.2, 0.25) is 0 Å². The number of carbonyl (C=O) groups excluding carboxylic acids is 1. The number of aliphatic hydroxyl groups excluding tert-OH is 1. The third-order valence-corrected chi connectivity index (χ3v) is 3.54. The van der Waals surface area contributed by atoms with E-state index in [9.17, 15) is 9.90 Å². The average Bonchev–Trinajstić information content (AvgIpc) is 3.02. The van der Waals surface area contributed by atoms with Gasteiger partial charge in [-0.2, -0.15) is 16.7 Å². The van der Waals surface area contributed by atoms with Gasteiger partial charge in [0.15, 0.2) is 0 Å². The van der Waals surface area contributed by atoms with Crippen LogP contribution in [0, 0.1) is 0 Å². The van der Waals surface area contributed by atoms with Crippen LogP contribution in [0.3, 0.4) is 0 Å². The van der Waals surface area contributed by atoms with Crippen molar-refractivity contribution in [1.82, 2.24) is 20.4 Å². The molecule has 118 valence electrons. The summed E-state index contributed by atoms with van der Waals surface area (Å²) in [5, 5.41) is 16.1. The van der Waals surface area contributed by atoms with Crippen LogP contribution in [0.15, 0.2) is 28.9 Å². The minimum absolute atomic E-state index is 0.332. The zero-order valence-corrected chi connectivity index (χ0v) is 13.0. The van der Waals surface area contributed by atoms with Crippen molar-refractivity contribution in [2.24, 2.45) is 0 Å². The molecular formula is C14H18N4O3S. The summed E-state index contributed by atoms with van der Waals surface area (Å²) in [7, 11) is 0. The molecule has 2 heterocycles. The normalized spacial score (nSPS) is 12.1. The number of thioether (sulfide) groups is 1. The molecular weight excluding hydrogens is 304 g/mol. The van der Waals surface area contributed by atoms with Crippen molar-refractivity contribution >= 4 is 17.7 Å². The maximum atomic E-state index is 11.6. The molecule has 8 heteroatoms. The van der Waals surface area contributed by atoms with Crippen molar-refractivity contribution in [3.8, 4) is 11.5 Å². The van der Waals surface area contributed by atoms with Crippen molar-refractivity contribution in [1.29, 1.82) is 0 Å². The number of aliphatic hydroxyl groups is 1. The Labute approximate surface area is 132 Å². The first kappa shape index (κ1) is 16.4. The highest BCUT2D eigenvalue weighted by molar-refractivity contribution is 7.98. The first-order valence-corrected chi connectivity index (χ1v) is 8.29. The Balaban J connectivity index is 1.78. The minimum atomic E-state index is -0.973. The monoisotopic (exact) mass is 322 g/mol. The molecule has 1 atom stereocenters. The Hall–Kier alpha value is -1.93. The molecule has 0 aliphatic rings. The number of hydrogen-bond acceptors (Lipinski definition) is 7. The predicted molar refractivity (Wildman–Crippen MR) is 83.2 cm³/mol. The Kier molecular flexibility index (Phi) is 6.35. The number of nitrogens with zero attached hydrogens (tertiary/aromatic N) is 3. The van der Waals surface area contributed by atoms with Gasteiger partial charge in [0.2, 0.25) is 17.6 Å². The summed E-state index contributed by atoms with van der Waals surface area (Å²) in [4.78, 5) is 20.0. The molecule has 1 amide bonds. The van der Waals surface area contributed by atoms with Gasteiger partial charge in [0.25, 0.3) is 0 Å². The highest BCUT2D eigenvalue weighted by atomic mass is 32.2. The van der Waals surface area contributed by atoms with Crippen LogP contribution in [-0.4, -0.2) is 50.8 Å². The lowest BCUT2D eigenvalue weighted by atomic mass is 10.2. The number of rotatable bonds is 8. The summed E-state index contributed by atoms with van der Waals surface area (Å²) in [5.41, 5.74) is 0.633. The van der Waals surface area contributed by atoms with Gasteiger partial charge in [0.1, 0.15) is 11.8 Å². The predicted octanol–water partition coefficient (Wildman–Crippen LogP) is 0.904. The summed E-state index contributed by atoms with van der Waals surface area (Å²) in [5.74, 6) is 1.20. The number of nitrogens with one attached hydrogen (secondary N) is 1. The van der Waals surface area contributed by atoms with Crippen LogP contribution in [0.1, 0.15) is 12.3 Å². The molecule has 0 fully saturated rings. The van der Waals surface area contributed by atoms with Gasteiger partial charge in [-0.15, -0.1) is 0 Å². The molecule has 0 saturated carbocycles. The van der Waals surface area contributed by atoms with Crippen molar-refractivity contribution < 1.29 is 14.4 Å². The topological polar surface area (TPSA) is 101 Å². The Bertz CT molecular complexity index is 591. The van der Waals surface area contributed by atoms with E-state index in [2.05, 4.69) is 20.4 Å². The van der Waals surface area contributed by atoms with E-state index in [0.29, 0.717) is 36.8 Å². The number of pyridine rings is 1. The minimum Gasteiger partial charge on any atom is -0.383 e. The van der Waals surface area contributed by atoms with Crippen molar-refractivity contribution in [2.45, 2.75) is 18.9 Å². The smallest absolute Gasteiger partial charge is 0.248 e. The molecule has 0 aliphatic carbocycles. The summed E-state index contributed by atoms with van der Waals surface area (Å²) >= 11 is 1.59. The third kappa shape index (κ3) is 4.81. The first-order chi connectivity index (χ1) is 10.7. The van der Waals surface area contributed by atoms with Gasteiger partial charge in [-0.25, -0.2) is 0 Å². The standard InChI is InChI=1S/C14H18N4O3S/c1-22-9-6-11(19)14(20)16-8-5-12-17-13(18-21-12)10-4-2-3-7-15-10/h2-4,7,11,19H,5-6,8-9H2,1H3,(H,16,20)/t11-/m1/s1. The molecule has 2 rings (SSSR count). The largest absolute Gasteiger partial charge is 0.383 e. The van der Waals surface area contributed by atoms with Gasteiger partial charge in [-0.1, -0.05) is 11.2 Å². The summed E-state index contributed by atoms with van der Waals surface area (Å²) < 4.78 is 5.11. The van der Waals surface area contributed by atoms with E-state index in [0.717, 1.165) is 5.75 Å². The SMILES string of the molecule is CSCC[C@@H](O)C(=O)NCCc1nc(-c2ccccn2)no1. The van der Waals surface area contributed by atoms with Gasteiger partial charge in [-0.05, 0) is 30.6 Å². The van der Waals surface area contributed by atoms with E-state index in [1.807, 2.05) is 18.4 Å².